The Morgan fingerprint density at radius 1 is 1.59 bits per heavy atom. The van der Waals surface area contributed by atoms with Crippen LogP contribution in [-0.4, -0.2) is 36.1 Å². The van der Waals surface area contributed by atoms with Gasteiger partial charge in [0.25, 0.3) is 0 Å². The molecular weight excluding hydrogens is 341 g/mol. The highest BCUT2D eigenvalue weighted by Gasteiger charge is 2.32. The van der Waals surface area contributed by atoms with Crippen LogP contribution in [0.2, 0.25) is 5.15 Å². The predicted molar refractivity (Wildman–Crippen MR) is 75.8 cm³/mol. The van der Waals surface area contributed by atoms with E-state index in [1.54, 1.807) is 4.90 Å². The molecule has 1 aliphatic rings. The quantitative estimate of drug-likeness (QED) is 0.907. The second kappa shape index (κ2) is 6.71. The normalized spacial score (nSPS) is 18.9. The Labute approximate surface area is 133 Å². The second-order valence-corrected chi connectivity index (χ2v) is 5.99. The molecule has 0 radical (unpaired) electrons. The first-order valence-corrected chi connectivity index (χ1v) is 7.61. The van der Waals surface area contributed by atoms with Crippen LogP contribution in [-0.2, 0) is 4.79 Å². The van der Waals surface area contributed by atoms with E-state index in [4.69, 9.17) is 16.9 Å². The topological polar surface area (TPSA) is 69.0 Å². The van der Waals surface area contributed by atoms with Gasteiger partial charge < -0.3 is 10.2 Å². The molecule has 0 aliphatic carbocycles. The van der Waals surface area contributed by atoms with Gasteiger partial charge in [0.2, 0.25) is 5.91 Å². The Hall–Kier alpha value is -1.53. The molecule has 5 nitrogen and oxygen atoms in total. The number of amides is 1. The minimum Gasteiger partial charge on any atom is -0.360 e. The number of halogens is 4. The fraction of sp³-hybridized carbons (Fsp3) is 0.583. The fourth-order valence-electron chi connectivity index (χ4n) is 2.28. The van der Waals surface area contributed by atoms with E-state index < -0.39 is 24.5 Å². The molecule has 1 aromatic rings. The van der Waals surface area contributed by atoms with Gasteiger partial charge in [0.05, 0.1) is 5.92 Å². The molecule has 1 aromatic heterocycles. The van der Waals surface area contributed by atoms with Gasteiger partial charge in [-0.25, -0.2) is 0 Å². The Balaban J connectivity index is 2.03. The molecule has 10 heteroatoms. The van der Waals surface area contributed by atoms with Gasteiger partial charge in [-0.2, -0.15) is 22.8 Å². The number of nitrogens with one attached hydrogen (secondary N) is 1. The Kier molecular flexibility index (Phi) is 5.13. The summed E-state index contributed by atoms with van der Waals surface area (Å²) in [6.45, 7) is -0.481. The van der Waals surface area contributed by atoms with Crippen molar-refractivity contribution < 1.29 is 18.0 Å². The summed E-state index contributed by atoms with van der Waals surface area (Å²) < 4.78 is 40.3. The lowest BCUT2D eigenvalue weighted by molar-refractivity contribution is -0.140. The number of rotatable bonds is 3. The van der Waals surface area contributed by atoms with E-state index in [0.29, 0.717) is 24.4 Å². The second-order valence-electron chi connectivity index (χ2n) is 4.88. The van der Waals surface area contributed by atoms with Crippen LogP contribution in [0.1, 0.15) is 18.4 Å². The van der Waals surface area contributed by atoms with Crippen molar-refractivity contribution in [3.05, 3.63) is 10.7 Å². The van der Waals surface area contributed by atoms with Crippen molar-refractivity contribution in [3.63, 3.8) is 0 Å². The highest BCUT2D eigenvalue weighted by Crippen LogP contribution is 2.33. The summed E-state index contributed by atoms with van der Waals surface area (Å²) in [5, 5.41) is 11.6. The summed E-state index contributed by atoms with van der Waals surface area (Å²) in [5.41, 5.74) is 0.239. The first kappa shape index (κ1) is 16.8. The molecule has 1 unspecified atom stereocenters. The van der Waals surface area contributed by atoms with Gasteiger partial charge in [0.15, 0.2) is 5.15 Å². The Morgan fingerprint density at radius 2 is 2.32 bits per heavy atom. The van der Waals surface area contributed by atoms with Gasteiger partial charge in [-0.15, -0.1) is 0 Å². The third kappa shape index (κ3) is 4.01. The first-order chi connectivity index (χ1) is 10.3. The summed E-state index contributed by atoms with van der Waals surface area (Å²) in [7, 11) is 0. The molecule has 1 N–H and O–H groups in total. The maximum absolute atomic E-state index is 12.1. The highest BCUT2D eigenvalue weighted by molar-refractivity contribution is 7.10. The van der Waals surface area contributed by atoms with Crippen molar-refractivity contribution in [3.8, 4) is 6.07 Å². The van der Waals surface area contributed by atoms with E-state index in [-0.39, 0.29) is 17.3 Å². The average molecular weight is 353 g/mol. The summed E-state index contributed by atoms with van der Waals surface area (Å²) in [6, 6.07) is 1.96. The third-order valence-corrected chi connectivity index (χ3v) is 4.57. The monoisotopic (exact) mass is 352 g/mol. The lowest BCUT2D eigenvalue weighted by Crippen LogP contribution is -2.45. The van der Waals surface area contributed by atoms with E-state index in [1.807, 2.05) is 11.4 Å². The van der Waals surface area contributed by atoms with Crippen molar-refractivity contribution in [2.24, 2.45) is 5.92 Å². The lowest BCUT2D eigenvalue weighted by Gasteiger charge is -2.32. The van der Waals surface area contributed by atoms with E-state index >= 15 is 0 Å². The Bertz CT molecular complexity index is 598. The van der Waals surface area contributed by atoms with Crippen molar-refractivity contribution in [1.29, 1.82) is 5.26 Å². The maximum atomic E-state index is 12.1. The van der Waals surface area contributed by atoms with E-state index in [2.05, 4.69) is 4.37 Å². The smallest absolute Gasteiger partial charge is 0.360 e. The molecule has 2 heterocycles. The number of piperidine rings is 1. The summed E-state index contributed by atoms with van der Waals surface area (Å²) >= 11 is 6.86. The number of nitriles is 1. The average Bonchev–Trinajstić information content (AvgIpc) is 2.85. The largest absolute Gasteiger partial charge is 0.405 e. The van der Waals surface area contributed by atoms with Crippen molar-refractivity contribution in [2.45, 2.75) is 19.0 Å². The van der Waals surface area contributed by atoms with Crippen molar-refractivity contribution >= 4 is 34.0 Å². The van der Waals surface area contributed by atoms with Crippen LogP contribution in [0.25, 0.3) is 0 Å². The molecule has 0 aromatic carbocycles. The van der Waals surface area contributed by atoms with Crippen LogP contribution >= 0.6 is 23.1 Å². The number of aromatic nitrogens is 1. The number of nitrogens with zero attached hydrogens (tertiary/aromatic N) is 3. The van der Waals surface area contributed by atoms with Crippen LogP contribution in [0.4, 0.5) is 18.2 Å². The number of hydrogen-bond acceptors (Lipinski definition) is 5. The van der Waals surface area contributed by atoms with Crippen LogP contribution in [0.15, 0.2) is 0 Å². The van der Waals surface area contributed by atoms with Gasteiger partial charge in [0.1, 0.15) is 23.2 Å². The molecule has 0 spiro atoms. The molecule has 0 saturated carbocycles. The molecular formula is C12H12ClF3N4OS. The number of carbonyl (C=O) groups is 1. The third-order valence-electron chi connectivity index (χ3n) is 3.29. The summed E-state index contributed by atoms with van der Waals surface area (Å²) in [5.74, 6) is -1.18. The molecule has 1 aliphatic heterocycles. The molecule has 1 amide bonds. The van der Waals surface area contributed by atoms with Crippen LogP contribution in [0.3, 0.4) is 0 Å². The predicted octanol–water partition coefficient (Wildman–Crippen LogP) is 2.56. The first-order valence-electron chi connectivity index (χ1n) is 6.46. The van der Waals surface area contributed by atoms with Crippen molar-refractivity contribution in [1.82, 2.24) is 9.69 Å². The minimum absolute atomic E-state index is 0.103. The fourth-order valence-corrected chi connectivity index (χ4v) is 3.34. The number of carbonyl (C=O) groups excluding carboxylic acids is 1. The van der Waals surface area contributed by atoms with Gasteiger partial charge >= 0.3 is 6.18 Å². The minimum atomic E-state index is -4.43. The molecule has 120 valence electrons. The molecule has 1 saturated heterocycles. The Morgan fingerprint density at radius 3 is 2.95 bits per heavy atom. The molecule has 0 bridgehead atoms. The molecule has 22 heavy (non-hydrogen) atoms. The van der Waals surface area contributed by atoms with E-state index in [9.17, 15) is 18.0 Å². The van der Waals surface area contributed by atoms with Crippen LogP contribution in [0, 0.1) is 17.2 Å². The molecule has 1 fully saturated rings. The zero-order chi connectivity index (χ0) is 16.3. The van der Waals surface area contributed by atoms with Crippen LogP contribution in [0.5, 0.6) is 0 Å². The molecule has 2 rings (SSSR count). The molecule has 1 atom stereocenters. The number of alkyl halides is 3. The van der Waals surface area contributed by atoms with Gasteiger partial charge in [-0.05, 0) is 24.4 Å². The van der Waals surface area contributed by atoms with Crippen LogP contribution < -0.4 is 10.2 Å². The standard InChI is InChI=1S/C12H12ClF3N4OS/c13-9-8(4-17)11(22-19-9)20-3-1-2-7(5-20)10(21)18-6-12(14,15)16/h7H,1-3,5-6H2,(H,18,21). The van der Waals surface area contributed by atoms with E-state index in [1.165, 1.54) is 0 Å². The van der Waals surface area contributed by atoms with Crippen molar-refractivity contribution in [2.75, 3.05) is 24.5 Å². The SMILES string of the molecule is N#Cc1c(Cl)nsc1N1CCCC(C(=O)NCC(F)(F)F)C1. The van der Waals surface area contributed by atoms with E-state index in [0.717, 1.165) is 11.5 Å². The van der Waals surface area contributed by atoms with Gasteiger partial charge in [-0.1, -0.05) is 11.6 Å². The maximum Gasteiger partial charge on any atom is 0.405 e. The summed E-state index contributed by atoms with van der Waals surface area (Å²) in [4.78, 5) is 13.6. The van der Waals surface area contributed by atoms with Gasteiger partial charge in [-0.3, -0.25) is 4.79 Å². The highest BCUT2D eigenvalue weighted by atomic mass is 35.5. The number of anilines is 1. The zero-order valence-electron chi connectivity index (χ0n) is 11.3. The van der Waals surface area contributed by atoms with Gasteiger partial charge in [0, 0.05) is 13.1 Å². The lowest BCUT2D eigenvalue weighted by atomic mass is 9.97. The zero-order valence-corrected chi connectivity index (χ0v) is 12.9. The number of hydrogen-bond donors (Lipinski definition) is 1. The summed E-state index contributed by atoms with van der Waals surface area (Å²) in [6.07, 6.45) is -3.28.